The molecule has 0 spiro atoms. The van der Waals surface area contributed by atoms with Crippen LogP contribution in [0, 0.1) is 11.8 Å². The highest BCUT2D eigenvalue weighted by atomic mass is 32.2. The molecule has 0 aromatic rings. The number of aliphatic carboxylic acids is 1. The first kappa shape index (κ1) is 17.2. The second kappa shape index (κ2) is 6.13. The molecule has 0 aromatic heterocycles. The van der Waals surface area contributed by atoms with Crippen LogP contribution < -0.4 is 5.32 Å². The molecular formula is C13H23N3O5S. The lowest BCUT2D eigenvalue weighted by Gasteiger charge is -2.20. The minimum absolute atomic E-state index is 0.128. The standard InChI is InChI=1S/C13H23N3O5S/c1-8(2)11(13(18)19)14-12(17)9-4-5-16(6-9)22(20,21)10-7-15(10)3/h8-11H,4-7H2,1-3H3,(H,14,17)(H,18,19)/t9-,10?,11-,15?/m0/s1. The van der Waals surface area contributed by atoms with E-state index in [4.69, 9.17) is 5.11 Å². The van der Waals surface area contributed by atoms with E-state index >= 15 is 0 Å². The molecule has 4 atom stereocenters. The number of hydrogen-bond acceptors (Lipinski definition) is 5. The summed E-state index contributed by atoms with van der Waals surface area (Å²) in [6.07, 6.45) is 0.423. The first-order valence-corrected chi connectivity index (χ1v) is 8.87. The zero-order valence-corrected chi connectivity index (χ0v) is 13.8. The van der Waals surface area contributed by atoms with E-state index in [1.165, 1.54) is 4.31 Å². The minimum atomic E-state index is -3.38. The largest absolute Gasteiger partial charge is 0.480 e. The van der Waals surface area contributed by atoms with Gasteiger partial charge in [0.1, 0.15) is 11.4 Å². The van der Waals surface area contributed by atoms with Gasteiger partial charge in [0, 0.05) is 19.6 Å². The van der Waals surface area contributed by atoms with Crippen molar-refractivity contribution in [2.75, 3.05) is 26.7 Å². The molecule has 0 aliphatic carbocycles. The van der Waals surface area contributed by atoms with Crippen molar-refractivity contribution in [3.63, 3.8) is 0 Å². The maximum Gasteiger partial charge on any atom is 0.326 e. The Labute approximate surface area is 130 Å². The second-order valence-corrected chi connectivity index (χ2v) is 8.44. The van der Waals surface area contributed by atoms with E-state index in [0.29, 0.717) is 19.5 Å². The van der Waals surface area contributed by atoms with E-state index < -0.39 is 33.3 Å². The highest BCUT2D eigenvalue weighted by molar-refractivity contribution is 7.90. The molecule has 9 heteroatoms. The molecule has 1 amide bonds. The van der Waals surface area contributed by atoms with Gasteiger partial charge >= 0.3 is 5.97 Å². The maximum absolute atomic E-state index is 12.3. The zero-order chi connectivity index (χ0) is 16.7. The smallest absolute Gasteiger partial charge is 0.326 e. The lowest BCUT2D eigenvalue weighted by Crippen LogP contribution is -2.47. The van der Waals surface area contributed by atoms with Gasteiger partial charge in [-0.3, -0.25) is 9.69 Å². The van der Waals surface area contributed by atoms with Crippen molar-refractivity contribution in [2.24, 2.45) is 11.8 Å². The summed E-state index contributed by atoms with van der Waals surface area (Å²) in [5.74, 6) is -2.18. The first-order chi connectivity index (χ1) is 10.1. The quantitative estimate of drug-likeness (QED) is 0.612. The number of carboxylic acids is 1. The summed E-state index contributed by atoms with van der Waals surface area (Å²) in [6.45, 7) is 4.39. The molecule has 2 saturated heterocycles. The number of likely N-dealkylation sites (N-methyl/N-ethyl adjacent to an activating group) is 1. The van der Waals surface area contributed by atoms with Gasteiger partial charge in [-0.1, -0.05) is 13.8 Å². The van der Waals surface area contributed by atoms with Crippen LogP contribution in [0.15, 0.2) is 0 Å². The number of nitrogens with zero attached hydrogens (tertiary/aromatic N) is 2. The molecule has 126 valence electrons. The molecular weight excluding hydrogens is 310 g/mol. The number of nitrogens with one attached hydrogen (secondary N) is 1. The Bertz CT molecular complexity index is 562. The van der Waals surface area contributed by atoms with Gasteiger partial charge in [0.15, 0.2) is 0 Å². The molecule has 22 heavy (non-hydrogen) atoms. The van der Waals surface area contributed by atoms with Gasteiger partial charge in [-0.25, -0.2) is 13.2 Å². The van der Waals surface area contributed by atoms with E-state index in [1.54, 1.807) is 25.8 Å². The summed E-state index contributed by atoms with van der Waals surface area (Å²) in [7, 11) is -1.64. The first-order valence-electron chi connectivity index (χ1n) is 7.37. The average Bonchev–Trinajstić information content (AvgIpc) is 2.96. The van der Waals surface area contributed by atoms with E-state index in [0.717, 1.165) is 0 Å². The Balaban J connectivity index is 1.95. The Kier molecular flexibility index (Phi) is 4.78. The van der Waals surface area contributed by atoms with Crippen LogP contribution in [0.3, 0.4) is 0 Å². The summed E-state index contributed by atoms with van der Waals surface area (Å²) in [6, 6.07) is -0.951. The highest BCUT2D eigenvalue weighted by Gasteiger charge is 2.48. The Morgan fingerprint density at radius 1 is 1.27 bits per heavy atom. The van der Waals surface area contributed by atoms with E-state index in [2.05, 4.69) is 5.32 Å². The molecule has 2 heterocycles. The molecule has 2 unspecified atom stereocenters. The molecule has 2 aliphatic heterocycles. The maximum atomic E-state index is 12.3. The zero-order valence-electron chi connectivity index (χ0n) is 13.0. The summed E-state index contributed by atoms with van der Waals surface area (Å²) in [5, 5.41) is 11.1. The molecule has 2 aliphatic rings. The van der Waals surface area contributed by atoms with Crippen LogP contribution in [-0.2, 0) is 19.6 Å². The number of carboxylic acid groups (broad SMARTS) is 1. The second-order valence-electron chi connectivity index (χ2n) is 6.35. The molecule has 8 nitrogen and oxygen atoms in total. The fraction of sp³-hybridized carbons (Fsp3) is 0.846. The van der Waals surface area contributed by atoms with Crippen molar-refractivity contribution in [1.82, 2.24) is 14.5 Å². The number of sulfonamides is 1. The van der Waals surface area contributed by atoms with Gasteiger partial charge in [0.05, 0.1) is 5.92 Å². The van der Waals surface area contributed by atoms with E-state index in [1.807, 2.05) is 0 Å². The molecule has 0 aromatic carbocycles. The van der Waals surface area contributed by atoms with Crippen molar-refractivity contribution in [1.29, 1.82) is 0 Å². The lowest BCUT2D eigenvalue weighted by atomic mass is 10.0. The fourth-order valence-corrected chi connectivity index (χ4v) is 4.62. The van der Waals surface area contributed by atoms with Gasteiger partial charge < -0.3 is 10.4 Å². The number of amides is 1. The summed E-state index contributed by atoms with van der Waals surface area (Å²) < 4.78 is 25.9. The Morgan fingerprint density at radius 2 is 1.86 bits per heavy atom. The average molecular weight is 333 g/mol. The topological polar surface area (TPSA) is 107 Å². The number of carbonyl (C=O) groups excluding carboxylic acids is 1. The SMILES string of the molecule is CC(C)[C@H](NC(=O)[C@H]1CCN(S(=O)(=O)C2CN2C)C1)C(=O)O. The van der Waals surface area contributed by atoms with Crippen molar-refractivity contribution >= 4 is 21.9 Å². The molecule has 0 saturated carbocycles. The van der Waals surface area contributed by atoms with Crippen LogP contribution in [-0.4, -0.2) is 72.7 Å². The van der Waals surface area contributed by atoms with Crippen LogP contribution in [0.2, 0.25) is 0 Å². The van der Waals surface area contributed by atoms with Crippen LogP contribution >= 0.6 is 0 Å². The van der Waals surface area contributed by atoms with Crippen LogP contribution in [0.4, 0.5) is 0 Å². The van der Waals surface area contributed by atoms with Gasteiger partial charge in [-0.05, 0) is 19.4 Å². The van der Waals surface area contributed by atoms with Crippen molar-refractivity contribution in [2.45, 2.75) is 31.7 Å². The van der Waals surface area contributed by atoms with Crippen LogP contribution in [0.25, 0.3) is 0 Å². The highest BCUT2D eigenvalue weighted by Crippen LogP contribution is 2.28. The normalized spacial score (nSPS) is 30.3. The number of rotatable bonds is 6. The summed E-state index contributed by atoms with van der Waals surface area (Å²) in [4.78, 5) is 25.0. The van der Waals surface area contributed by atoms with Crippen LogP contribution in [0.5, 0.6) is 0 Å². The van der Waals surface area contributed by atoms with Crippen LogP contribution in [0.1, 0.15) is 20.3 Å². The third-order valence-electron chi connectivity index (χ3n) is 4.26. The predicted octanol–water partition coefficient (Wildman–Crippen LogP) is -0.865. The Hall–Kier alpha value is -1.19. The third-order valence-corrected chi connectivity index (χ3v) is 6.51. The fourth-order valence-electron chi connectivity index (χ4n) is 2.65. The molecule has 2 N–H and O–H groups in total. The monoisotopic (exact) mass is 333 g/mol. The van der Waals surface area contributed by atoms with Crippen molar-refractivity contribution in [3.8, 4) is 0 Å². The molecule has 2 fully saturated rings. The Morgan fingerprint density at radius 3 is 2.32 bits per heavy atom. The van der Waals surface area contributed by atoms with Crippen molar-refractivity contribution in [3.05, 3.63) is 0 Å². The van der Waals surface area contributed by atoms with E-state index in [-0.39, 0.29) is 18.4 Å². The van der Waals surface area contributed by atoms with Crippen molar-refractivity contribution < 1.29 is 23.1 Å². The number of hydrogen-bond donors (Lipinski definition) is 2. The third kappa shape index (κ3) is 3.41. The lowest BCUT2D eigenvalue weighted by molar-refractivity contribution is -0.143. The van der Waals surface area contributed by atoms with E-state index in [9.17, 15) is 18.0 Å². The molecule has 0 bridgehead atoms. The minimum Gasteiger partial charge on any atom is -0.480 e. The summed E-state index contributed by atoms with van der Waals surface area (Å²) >= 11 is 0. The van der Waals surface area contributed by atoms with Gasteiger partial charge in [-0.15, -0.1) is 0 Å². The molecule has 0 radical (unpaired) electrons. The van der Waals surface area contributed by atoms with Gasteiger partial charge in [0.25, 0.3) is 0 Å². The summed E-state index contributed by atoms with van der Waals surface area (Å²) in [5.41, 5.74) is 0. The van der Waals surface area contributed by atoms with Gasteiger partial charge in [0.2, 0.25) is 15.9 Å². The predicted molar refractivity (Wildman–Crippen MR) is 79.4 cm³/mol. The van der Waals surface area contributed by atoms with Gasteiger partial charge in [-0.2, -0.15) is 4.31 Å². The number of carbonyl (C=O) groups is 2. The molecule has 2 rings (SSSR count).